The molecule has 0 aliphatic carbocycles. The number of fused-ring (bicyclic) bond motifs is 3. The summed E-state index contributed by atoms with van der Waals surface area (Å²) in [5, 5.41) is 13.8. The van der Waals surface area contributed by atoms with Crippen molar-refractivity contribution in [1.29, 1.82) is 0 Å². The van der Waals surface area contributed by atoms with E-state index >= 15 is 0 Å². The van der Waals surface area contributed by atoms with Crippen LogP contribution in [-0.4, -0.2) is 44.9 Å². The minimum atomic E-state index is -0.464. The first-order chi connectivity index (χ1) is 17.5. The number of aryl methyl sites for hydroxylation is 1. The molecule has 0 saturated carbocycles. The van der Waals surface area contributed by atoms with E-state index in [0.717, 1.165) is 36.9 Å². The van der Waals surface area contributed by atoms with Crippen LogP contribution in [0, 0.1) is 0 Å². The molecule has 4 heterocycles. The lowest BCUT2D eigenvalue weighted by Crippen LogP contribution is -2.40. The van der Waals surface area contributed by atoms with Crippen molar-refractivity contribution in [3.05, 3.63) is 69.8 Å². The molecule has 0 saturated heterocycles. The number of aromatic amines is 1. The van der Waals surface area contributed by atoms with Gasteiger partial charge in [0.05, 0.1) is 11.1 Å². The van der Waals surface area contributed by atoms with Crippen molar-refractivity contribution in [1.82, 2.24) is 25.2 Å². The fraction of sp³-hybridized carbons (Fsp3) is 0.407. The monoisotopic (exact) mass is 486 g/mol. The summed E-state index contributed by atoms with van der Waals surface area (Å²) in [7, 11) is 0. The highest BCUT2D eigenvalue weighted by atomic mass is 16.6. The highest BCUT2D eigenvalue weighted by molar-refractivity contribution is 5.83. The lowest BCUT2D eigenvalue weighted by molar-refractivity contribution is 0.172. The van der Waals surface area contributed by atoms with Crippen molar-refractivity contribution in [2.24, 2.45) is 0 Å². The van der Waals surface area contributed by atoms with Gasteiger partial charge in [-0.25, -0.2) is 4.68 Å². The third-order valence-corrected chi connectivity index (χ3v) is 7.46. The largest absolute Gasteiger partial charge is 0.486 e. The molecule has 2 aliphatic rings. The fourth-order valence-electron chi connectivity index (χ4n) is 5.19. The standard InChI is InChI=1S/C27H30N6O3/c1-4-27(2,3)33-25(29-30-31-33)24(32-11-7-9-17-8-5-6-10-21(17)32)19-14-18-15-22-23(36-13-12-35-22)16-20(18)28-26(19)34/h5-6,8,10,14-16,24H,4,7,9,11-13H2,1-3H3,(H,28,34). The number of anilines is 1. The van der Waals surface area contributed by atoms with Gasteiger partial charge in [0.25, 0.3) is 5.56 Å². The molecule has 1 atom stereocenters. The lowest BCUT2D eigenvalue weighted by Gasteiger charge is -2.38. The Morgan fingerprint density at radius 1 is 1.11 bits per heavy atom. The third kappa shape index (κ3) is 3.70. The second-order valence-corrected chi connectivity index (χ2v) is 10.1. The van der Waals surface area contributed by atoms with Crippen molar-refractivity contribution in [2.75, 3.05) is 24.7 Å². The number of ether oxygens (including phenoxy) is 2. The molecule has 0 bridgehead atoms. The van der Waals surface area contributed by atoms with Crippen molar-refractivity contribution in [2.45, 2.75) is 51.6 Å². The Kier molecular flexibility index (Phi) is 5.43. The first kappa shape index (κ1) is 22.6. The van der Waals surface area contributed by atoms with Crippen LogP contribution in [0.15, 0.2) is 47.3 Å². The Balaban J connectivity index is 1.58. The van der Waals surface area contributed by atoms with Crippen LogP contribution in [0.2, 0.25) is 0 Å². The first-order valence-electron chi connectivity index (χ1n) is 12.6. The molecular formula is C27H30N6O3. The Morgan fingerprint density at radius 2 is 1.89 bits per heavy atom. The van der Waals surface area contributed by atoms with Gasteiger partial charge in [0.2, 0.25) is 0 Å². The molecule has 1 N–H and O–H groups in total. The third-order valence-electron chi connectivity index (χ3n) is 7.46. The average Bonchev–Trinajstić information content (AvgIpc) is 3.39. The Labute approximate surface area is 209 Å². The Morgan fingerprint density at radius 3 is 2.69 bits per heavy atom. The van der Waals surface area contributed by atoms with E-state index in [-0.39, 0.29) is 11.1 Å². The maximum absolute atomic E-state index is 13.7. The van der Waals surface area contributed by atoms with Gasteiger partial charge >= 0.3 is 0 Å². The minimum absolute atomic E-state index is 0.170. The van der Waals surface area contributed by atoms with Gasteiger partial charge in [0, 0.05) is 29.2 Å². The molecule has 2 aliphatic heterocycles. The number of nitrogens with zero attached hydrogens (tertiary/aromatic N) is 5. The summed E-state index contributed by atoms with van der Waals surface area (Å²) in [5.74, 6) is 1.98. The molecule has 0 fully saturated rings. The predicted molar refractivity (Wildman–Crippen MR) is 137 cm³/mol. The van der Waals surface area contributed by atoms with Crippen LogP contribution in [0.1, 0.15) is 56.6 Å². The normalized spacial score (nSPS) is 16.1. The lowest BCUT2D eigenvalue weighted by atomic mass is 9.95. The van der Waals surface area contributed by atoms with Gasteiger partial charge in [0.1, 0.15) is 19.3 Å². The molecular weight excluding hydrogens is 456 g/mol. The quantitative estimate of drug-likeness (QED) is 0.456. The van der Waals surface area contributed by atoms with E-state index in [1.807, 2.05) is 28.9 Å². The van der Waals surface area contributed by atoms with Gasteiger partial charge in [-0.3, -0.25) is 4.79 Å². The van der Waals surface area contributed by atoms with Gasteiger partial charge in [-0.15, -0.1) is 5.10 Å². The topological polar surface area (TPSA) is 98.2 Å². The van der Waals surface area contributed by atoms with Crippen LogP contribution in [-0.2, 0) is 12.0 Å². The fourth-order valence-corrected chi connectivity index (χ4v) is 5.19. The maximum Gasteiger partial charge on any atom is 0.254 e. The number of para-hydroxylation sites is 1. The van der Waals surface area contributed by atoms with E-state index in [0.29, 0.717) is 41.6 Å². The molecule has 36 heavy (non-hydrogen) atoms. The zero-order valence-corrected chi connectivity index (χ0v) is 20.8. The predicted octanol–water partition coefficient (Wildman–Crippen LogP) is 3.97. The number of hydrogen-bond donors (Lipinski definition) is 1. The van der Waals surface area contributed by atoms with Gasteiger partial charge in [-0.1, -0.05) is 25.1 Å². The average molecular weight is 487 g/mol. The molecule has 1 unspecified atom stereocenters. The zero-order chi connectivity index (χ0) is 24.9. The van der Waals surface area contributed by atoms with Crippen LogP contribution in [0.4, 0.5) is 5.69 Å². The van der Waals surface area contributed by atoms with E-state index in [1.54, 1.807) is 0 Å². The number of tetrazole rings is 1. The number of aromatic nitrogens is 5. The second-order valence-electron chi connectivity index (χ2n) is 10.1. The maximum atomic E-state index is 13.7. The summed E-state index contributed by atoms with van der Waals surface area (Å²) in [6.45, 7) is 8.13. The summed E-state index contributed by atoms with van der Waals surface area (Å²) in [6, 6.07) is 13.6. The zero-order valence-electron chi connectivity index (χ0n) is 20.8. The SMILES string of the molecule is CCC(C)(C)n1nnnc1C(c1cc2cc3c(cc2[nH]c1=O)OCCO3)N1CCCc2ccccc21. The Bertz CT molecular complexity index is 1490. The molecule has 9 heteroatoms. The van der Waals surface area contributed by atoms with Gasteiger partial charge in [0.15, 0.2) is 17.3 Å². The van der Waals surface area contributed by atoms with E-state index in [4.69, 9.17) is 9.47 Å². The van der Waals surface area contributed by atoms with Crippen LogP contribution in [0.3, 0.4) is 0 Å². The highest BCUT2D eigenvalue weighted by Gasteiger charge is 2.36. The molecule has 4 aromatic rings. The number of H-pyrrole nitrogens is 1. The number of rotatable bonds is 5. The van der Waals surface area contributed by atoms with Crippen molar-refractivity contribution < 1.29 is 9.47 Å². The second kappa shape index (κ2) is 8.65. The summed E-state index contributed by atoms with van der Waals surface area (Å²) in [4.78, 5) is 19.1. The van der Waals surface area contributed by atoms with Crippen LogP contribution in [0.25, 0.3) is 10.9 Å². The van der Waals surface area contributed by atoms with Gasteiger partial charge < -0.3 is 19.4 Å². The summed E-state index contributed by atoms with van der Waals surface area (Å²) in [6.07, 6.45) is 2.82. The smallest absolute Gasteiger partial charge is 0.254 e. The minimum Gasteiger partial charge on any atom is -0.486 e. The van der Waals surface area contributed by atoms with Crippen molar-refractivity contribution in [3.8, 4) is 11.5 Å². The van der Waals surface area contributed by atoms with Crippen molar-refractivity contribution in [3.63, 3.8) is 0 Å². The van der Waals surface area contributed by atoms with Crippen LogP contribution in [0.5, 0.6) is 11.5 Å². The molecule has 6 rings (SSSR count). The Hall–Kier alpha value is -3.88. The molecule has 9 nitrogen and oxygen atoms in total. The van der Waals surface area contributed by atoms with E-state index < -0.39 is 6.04 Å². The summed E-state index contributed by atoms with van der Waals surface area (Å²) in [5.41, 5.74) is 3.19. The highest BCUT2D eigenvalue weighted by Crippen LogP contribution is 2.39. The number of nitrogens with one attached hydrogen (secondary N) is 1. The van der Waals surface area contributed by atoms with Gasteiger partial charge in [-0.2, -0.15) is 0 Å². The van der Waals surface area contributed by atoms with E-state index in [1.165, 1.54) is 5.56 Å². The van der Waals surface area contributed by atoms with Crippen LogP contribution < -0.4 is 19.9 Å². The number of hydrogen-bond acceptors (Lipinski definition) is 7. The summed E-state index contributed by atoms with van der Waals surface area (Å²) < 4.78 is 13.4. The molecule has 0 amide bonds. The number of pyridine rings is 1. The molecule has 2 aromatic carbocycles. The molecule has 0 spiro atoms. The van der Waals surface area contributed by atoms with Crippen molar-refractivity contribution >= 4 is 16.6 Å². The molecule has 186 valence electrons. The van der Waals surface area contributed by atoms with Crippen LogP contribution >= 0.6 is 0 Å². The molecule has 2 aromatic heterocycles. The van der Waals surface area contributed by atoms with E-state index in [2.05, 4.69) is 64.4 Å². The first-order valence-corrected chi connectivity index (χ1v) is 12.6. The number of benzene rings is 2. The molecule has 0 radical (unpaired) electrons. The van der Waals surface area contributed by atoms with E-state index in [9.17, 15) is 4.79 Å². The summed E-state index contributed by atoms with van der Waals surface area (Å²) >= 11 is 0. The van der Waals surface area contributed by atoms with Gasteiger partial charge in [-0.05, 0) is 67.3 Å².